The van der Waals surface area contributed by atoms with Gasteiger partial charge in [0.2, 0.25) is 0 Å². The standard InChI is InChI=1S/C9H17N2O2/c1-13-9(12)4-7-11-8-2-5-10-6-3-8/h8,11H,2-7H2,1H3. The van der Waals surface area contributed by atoms with Crippen LogP contribution in [0.25, 0.3) is 0 Å². The molecular formula is C9H17N2O2. The number of piperidine rings is 1. The first-order chi connectivity index (χ1) is 6.33. The SMILES string of the molecule is COC(=O)CCNC1CC[N]CC1. The summed E-state index contributed by atoms with van der Waals surface area (Å²) in [5, 5.41) is 7.58. The Labute approximate surface area is 79.0 Å². The molecule has 1 rings (SSSR count). The van der Waals surface area contributed by atoms with E-state index in [1.165, 1.54) is 7.11 Å². The summed E-state index contributed by atoms with van der Waals surface area (Å²) in [5.74, 6) is -0.145. The molecule has 0 atom stereocenters. The molecule has 0 aliphatic carbocycles. The lowest BCUT2D eigenvalue weighted by atomic mass is 10.1. The number of nitrogens with zero attached hydrogens (tertiary/aromatic N) is 1. The summed E-state index contributed by atoms with van der Waals surface area (Å²) in [5.41, 5.74) is 0. The topological polar surface area (TPSA) is 52.4 Å². The Hall–Kier alpha value is -0.610. The van der Waals surface area contributed by atoms with Crippen LogP contribution in [0.15, 0.2) is 0 Å². The van der Waals surface area contributed by atoms with Crippen molar-refractivity contribution in [2.75, 3.05) is 26.7 Å². The molecule has 1 aliphatic heterocycles. The van der Waals surface area contributed by atoms with Crippen molar-refractivity contribution in [1.29, 1.82) is 0 Å². The Morgan fingerprint density at radius 1 is 1.54 bits per heavy atom. The normalized spacial score (nSPS) is 18.5. The quantitative estimate of drug-likeness (QED) is 0.623. The molecule has 0 aromatic carbocycles. The van der Waals surface area contributed by atoms with Crippen LogP contribution >= 0.6 is 0 Å². The van der Waals surface area contributed by atoms with Gasteiger partial charge in [-0.05, 0) is 12.8 Å². The van der Waals surface area contributed by atoms with Gasteiger partial charge in [0.05, 0.1) is 13.5 Å². The van der Waals surface area contributed by atoms with Gasteiger partial charge in [0.25, 0.3) is 0 Å². The van der Waals surface area contributed by atoms with Crippen LogP contribution < -0.4 is 10.6 Å². The maximum atomic E-state index is 10.8. The molecule has 0 aromatic rings. The van der Waals surface area contributed by atoms with Crippen molar-refractivity contribution in [3.8, 4) is 0 Å². The second-order valence-electron chi connectivity index (χ2n) is 3.23. The van der Waals surface area contributed by atoms with Gasteiger partial charge in [0.1, 0.15) is 0 Å². The van der Waals surface area contributed by atoms with E-state index in [-0.39, 0.29) is 5.97 Å². The van der Waals surface area contributed by atoms with Crippen molar-refractivity contribution >= 4 is 5.97 Å². The number of hydrogen-bond acceptors (Lipinski definition) is 3. The number of hydrogen-bond donors (Lipinski definition) is 1. The first-order valence-electron chi connectivity index (χ1n) is 4.76. The van der Waals surface area contributed by atoms with Crippen molar-refractivity contribution in [2.24, 2.45) is 0 Å². The fourth-order valence-corrected chi connectivity index (χ4v) is 1.43. The van der Waals surface area contributed by atoms with Crippen LogP contribution in [0.3, 0.4) is 0 Å². The highest BCUT2D eigenvalue weighted by molar-refractivity contribution is 5.69. The zero-order valence-electron chi connectivity index (χ0n) is 8.08. The molecule has 0 spiro atoms. The number of methoxy groups -OCH3 is 1. The molecule has 4 heteroatoms. The second-order valence-corrected chi connectivity index (χ2v) is 3.23. The molecule has 1 fully saturated rings. The van der Waals surface area contributed by atoms with Gasteiger partial charge in [-0.2, -0.15) is 0 Å². The first kappa shape index (κ1) is 10.5. The highest BCUT2D eigenvalue weighted by Crippen LogP contribution is 2.02. The predicted octanol–water partition coefficient (Wildman–Crippen LogP) is -0.0941. The van der Waals surface area contributed by atoms with Gasteiger partial charge in [0.15, 0.2) is 0 Å². The third kappa shape index (κ3) is 4.24. The van der Waals surface area contributed by atoms with Crippen molar-refractivity contribution < 1.29 is 9.53 Å². The Balaban J connectivity index is 2.01. The van der Waals surface area contributed by atoms with Crippen molar-refractivity contribution in [3.05, 3.63) is 0 Å². The van der Waals surface area contributed by atoms with E-state index in [1.807, 2.05) is 0 Å². The van der Waals surface area contributed by atoms with Crippen LogP contribution in [0.1, 0.15) is 19.3 Å². The average Bonchev–Trinajstić information content (AvgIpc) is 2.19. The summed E-state index contributed by atoms with van der Waals surface area (Å²) in [4.78, 5) is 10.8. The maximum absolute atomic E-state index is 10.8. The zero-order valence-corrected chi connectivity index (χ0v) is 8.08. The van der Waals surface area contributed by atoms with E-state index >= 15 is 0 Å². The Morgan fingerprint density at radius 2 is 2.23 bits per heavy atom. The predicted molar refractivity (Wildman–Crippen MR) is 49.5 cm³/mol. The lowest BCUT2D eigenvalue weighted by molar-refractivity contribution is -0.140. The van der Waals surface area contributed by atoms with E-state index in [0.29, 0.717) is 12.5 Å². The molecule has 0 bridgehead atoms. The fraction of sp³-hybridized carbons (Fsp3) is 0.889. The third-order valence-corrected chi connectivity index (χ3v) is 2.26. The number of carbonyl (C=O) groups excluding carboxylic acids is 1. The van der Waals surface area contributed by atoms with E-state index in [2.05, 4.69) is 15.4 Å². The molecule has 1 saturated heterocycles. The molecule has 0 aromatic heterocycles. The summed E-state index contributed by atoms with van der Waals surface area (Å²) in [6, 6.07) is 0.544. The third-order valence-electron chi connectivity index (χ3n) is 2.26. The average molecular weight is 185 g/mol. The van der Waals surface area contributed by atoms with Crippen LogP contribution in [-0.2, 0) is 9.53 Å². The van der Waals surface area contributed by atoms with Crippen LogP contribution in [0, 0.1) is 0 Å². The second kappa shape index (κ2) is 5.94. The number of nitrogens with one attached hydrogen (secondary N) is 1. The minimum absolute atomic E-state index is 0.145. The molecule has 0 saturated carbocycles. The van der Waals surface area contributed by atoms with Crippen LogP contribution in [0.4, 0.5) is 0 Å². The van der Waals surface area contributed by atoms with Gasteiger partial charge in [0, 0.05) is 25.7 Å². The lowest BCUT2D eigenvalue weighted by Crippen LogP contribution is -2.38. The largest absolute Gasteiger partial charge is 0.469 e. The van der Waals surface area contributed by atoms with E-state index in [1.54, 1.807) is 0 Å². The monoisotopic (exact) mass is 185 g/mol. The van der Waals surface area contributed by atoms with Gasteiger partial charge in [-0.25, -0.2) is 5.32 Å². The smallest absolute Gasteiger partial charge is 0.306 e. The van der Waals surface area contributed by atoms with Gasteiger partial charge in [-0.3, -0.25) is 4.79 Å². The number of ether oxygens (including phenoxy) is 1. The summed E-state index contributed by atoms with van der Waals surface area (Å²) in [7, 11) is 1.42. The van der Waals surface area contributed by atoms with E-state index < -0.39 is 0 Å². The van der Waals surface area contributed by atoms with Crippen LogP contribution in [-0.4, -0.2) is 38.8 Å². The van der Waals surface area contributed by atoms with Gasteiger partial charge in [-0.15, -0.1) is 0 Å². The van der Waals surface area contributed by atoms with E-state index in [9.17, 15) is 4.79 Å². The van der Waals surface area contributed by atoms with E-state index in [4.69, 9.17) is 0 Å². The number of rotatable bonds is 4. The first-order valence-corrected chi connectivity index (χ1v) is 4.76. The zero-order chi connectivity index (χ0) is 9.52. The van der Waals surface area contributed by atoms with Crippen molar-refractivity contribution in [3.63, 3.8) is 0 Å². The maximum Gasteiger partial charge on any atom is 0.306 e. The molecule has 75 valence electrons. The summed E-state index contributed by atoms with van der Waals surface area (Å²) in [6.45, 7) is 2.63. The summed E-state index contributed by atoms with van der Waals surface area (Å²) >= 11 is 0. The van der Waals surface area contributed by atoms with Gasteiger partial charge >= 0.3 is 5.97 Å². The van der Waals surface area contributed by atoms with Crippen molar-refractivity contribution in [2.45, 2.75) is 25.3 Å². The summed E-state index contributed by atoms with van der Waals surface area (Å²) < 4.78 is 4.54. The van der Waals surface area contributed by atoms with Gasteiger partial charge in [-0.1, -0.05) is 0 Å². The molecule has 1 aliphatic rings. The van der Waals surface area contributed by atoms with Crippen LogP contribution in [0.2, 0.25) is 0 Å². The van der Waals surface area contributed by atoms with E-state index in [0.717, 1.165) is 32.5 Å². The Kier molecular flexibility index (Phi) is 4.78. The molecule has 1 N–H and O–H groups in total. The van der Waals surface area contributed by atoms with Gasteiger partial charge < -0.3 is 10.1 Å². The summed E-state index contributed by atoms with van der Waals surface area (Å²) in [6.07, 6.45) is 2.66. The van der Waals surface area contributed by atoms with Crippen molar-refractivity contribution in [1.82, 2.24) is 10.6 Å². The molecule has 0 unspecified atom stereocenters. The molecule has 13 heavy (non-hydrogen) atoms. The Bertz CT molecular complexity index is 156. The number of esters is 1. The molecule has 1 radical (unpaired) electrons. The molecule has 4 nitrogen and oxygen atoms in total. The highest BCUT2D eigenvalue weighted by Gasteiger charge is 2.12. The Morgan fingerprint density at radius 3 is 2.85 bits per heavy atom. The number of carbonyl (C=O) groups is 1. The minimum Gasteiger partial charge on any atom is -0.469 e. The molecule has 1 heterocycles. The lowest BCUT2D eigenvalue weighted by Gasteiger charge is -2.22. The minimum atomic E-state index is -0.145. The fourth-order valence-electron chi connectivity index (χ4n) is 1.43. The highest BCUT2D eigenvalue weighted by atomic mass is 16.5. The van der Waals surface area contributed by atoms with Crippen LogP contribution in [0.5, 0.6) is 0 Å². The molecule has 0 amide bonds. The molecular weight excluding hydrogens is 168 g/mol.